The highest BCUT2D eigenvalue weighted by Gasteiger charge is 2.22. The molecule has 0 amide bonds. The molecule has 0 bridgehead atoms. The van der Waals surface area contributed by atoms with Crippen LogP contribution < -0.4 is 11.3 Å². The minimum absolute atomic E-state index is 0.309. The summed E-state index contributed by atoms with van der Waals surface area (Å²) >= 11 is 1.82. The summed E-state index contributed by atoms with van der Waals surface area (Å²) in [5.41, 5.74) is 4.41. The lowest BCUT2D eigenvalue weighted by Crippen LogP contribution is -2.29. The number of nitrogens with one attached hydrogen (secondary N) is 1. The lowest BCUT2D eigenvalue weighted by atomic mass is 9.94. The Morgan fingerprint density at radius 2 is 2.06 bits per heavy atom. The lowest BCUT2D eigenvalue weighted by molar-refractivity contribution is 0.402. The van der Waals surface area contributed by atoms with Gasteiger partial charge in [-0.05, 0) is 34.7 Å². The summed E-state index contributed by atoms with van der Waals surface area (Å²) in [6, 6.07) is 8.92. The summed E-state index contributed by atoms with van der Waals surface area (Å²) in [5, 5.41) is 3.63. The SMILES string of the molecule is NNC(CC1CCCC1)c1csc2ccccc12. The van der Waals surface area contributed by atoms with Gasteiger partial charge in [-0.1, -0.05) is 43.9 Å². The van der Waals surface area contributed by atoms with Gasteiger partial charge >= 0.3 is 0 Å². The average Bonchev–Trinajstić information content (AvgIpc) is 3.05. The third-order valence-corrected chi connectivity index (χ3v) is 5.11. The average molecular weight is 260 g/mol. The minimum Gasteiger partial charge on any atom is -0.271 e. The number of thiophene rings is 1. The van der Waals surface area contributed by atoms with Crippen molar-refractivity contribution in [1.29, 1.82) is 0 Å². The first-order valence-electron chi connectivity index (χ1n) is 6.80. The molecule has 18 heavy (non-hydrogen) atoms. The molecule has 0 radical (unpaired) electrons. The Hall–Kier alpha value is -0.900. The number of benzene rings is 1. The molecule has 1 aromatic carbocycles. The topological polar surface area (TPSA) is 38.0 Å². The van der Waals surface area contributed by atoms with Gasteiger partial charge in [0.2, 0.25) is 0 Å². The molecule has 1 unspecified atom stereocenters. The van der Waals surface area contributed by atoms with E-state index in [1.54, 1.807) is 0 Å². The zero-order chi connectivity index (χ0) is 12.4. The maximum Gasteiger partial charge on any atom is 0.0477 e. The van der Waals surface area contributed by atoms with E-state index in [0.717, 1.165) is 5.92 Å². The molecule has 96 valence electrons. The fourth-order valence-corrected chi connectivity index (χ4v) is 4.15. The Balaban J connectivity index is 1.86. The highest BCUT2D eigenvalue weighted by molar-refractivity contribution is 7.17. The monoisotopic (exact) mass is 260 g/mol. The first kappa shape index (κ1) is 12.2. The van der Waals surface area contributed by atoms with Crippen LogP contribution in [0.25, 0.3) is 10.1 Å². The second-order valence-electron chi connectivity index (χ2n) is 5.29. The summed E-state index contributed by atoms with van der Waals surface area (Å²) in [6.07, 6.45) is 6.72. The number of nitrogens with two attached hydrogens (primary N) is 1. The maximum atomic E-state index is 5.79. The molecule has 1 heterocycles. The summed E-state index contributed by atoms with van der Waals surface area (Å²) in [6.45, 7) is 0. The van der Waals surface area contributed by atoms with Crippen LogP contribution >= 0.6 is 11.3 Å². The van der Waals surface area contributed by atoms with E-state index in [2.05, 4.69) is 35.1 Å². The first-order valence-corrected chi connectivity index (χ1v) is 7.68. The second kappa shape index (κ2) is 5.39. The van der Waals surface area contributed by atoms with Crippen molar-refractivity contribution in [1.82, 2.24) is 5.43 Å². The third-order valence-electron chi connectivity index (χ3n) is 4.13. The zero-order valence-corrected chi connectivity index (χ0v) is 11.4. The molecular weight excluding hydrogens is 240 g/mol. The van der Waals surface area contributed by atoms with E-state index in [1.807, 2.05) is 11.3 Å². The number of hydrogen-bond acceptors (Lipinski definition) is 3. The van der Waals surface area contributed by atoms with Crippen LogP contribution in [0.1, 0.15) is 43.7 Å². The molecule has 1 aromatic heterocycles. The Morgan fingerprint density at radius 3 is 2.83 bits per heavy atom. The van der Waals surface area contributed by atoms with Gasteiger partial charge in [-0.3, -0.25) is 11.3 Å². The zero-order valence-electron chi connectivity index (χ0n) is 10.6. The fraction of sp³-hybridized carbons (Fsp3) is 0.467. The van der Waals surface area contributed by atoms with Gasteiger partial charge in [-0.2, -0.15) is 0 Å². The standard InChI is InChI=1S/C15H20N2S/c16-17-14(9-11-5-1-2-6-11)13-10-18-15-8-4-3-7-12(13)15/h3-4,7-8,10-11,14,17H,1-2,5-6,9,16H2. The summed E-state index contributed by atoms with van der Waals surface area (Å²) in [7, 11) is 0. The van der Waals surface area contributed by atoms with Crippen LogP contribution in [0.4, 0.5) is 0 Å². The van der Waals surface area contributed by atoms with Crippen molar-refractivity contribution in [3.63, 3.8) is 0 Å². The van der Waals surface area contributed by atoms with E-state index in [4.69, 9.17) is 5.84 Å². The Kier molecular flexibility index (Phi) is 3.64. The molecule has 2 nitrogen and oxygen atoms in total. The number of rotatable bonds is 4. The molecular formula is C15H20N2S. The van der Waals surface area contributed by atoms with Crippen molar-refractivity contribution in [3.05, 3.63) is 35.2 Å². The minimum atomic E-state index is 0.309. The van der Waals surface area contributed by atoms with Crippen molar-refractivity contribution >= 4 is 21.4 Å². The van der Waals surface area contributed by atoms with Crippen molar-refractivity contribution in [2.45, 2.75) is 38.1 Å². The first-order chi connectivity index (χ1) is 8.88. The normalized spacial score (nSPS) is 18.5. The Morgan fingerprint density at radius 1 is 1.28 bits per heavy atom. The molecule has 2 aromatic rings. The molecule has 1 aliphatic rings. The van der Waals surface area contributed by atoms with E-state index in [1.165, 1.54) is 47.8 Å². The van der Waals surface area contributed by atoms with E-state index in [9.17, 15) is 0 Å². The van der Waals surface area contributed by atoms with Crippen LogP contribution in [0.3, 0.4) is 0 Å². The molecule has 1 fully saturated rings. The second-order valence-corrected chi connectivity index (χ2v) is 6.20. The number of hydrogen-bond donors (Lipinski definition) is 2. The van der Waals surface area contributed by atoms with Crippen LogP contribution in [-0.4, -0.2) is 0 Å². The lowest BCUT2D eigenvalue weighted by Gasteiger charge is -2.19. The van der Waals surface area contributed by atoms with Gasteiger partial charge in [0.1, 0.15) is 0 Å². The van der Waals surface area contributed by atoms with Crippen LogP contribution in [0, 0.1) is 5.92 Å². The van der Waals surface area contributed by atoms with E-state index < -0.39 is 0 Å². The van der Waals surface area contributed by atoms with Crippen molar-refractivity contribution < 1.29 is 0 Å². The van der Waals surface area contributed by atoms with Crippen LogP contribution in [-0.2, 0) is 0 Å². The predicted octanol–water partition coefficient (Wildman–Crippen LogP) is 3.99. The van der Waals surface area contributed by atoms with Crippen molar-refractivity contribution in [2.24, 2.45) is 11.8 Å². The number of hydrazine groups is 1. The highest BCUT2D eigenvalue weighted by atomic mass is 32.1. The molecule has 1 saturated carbocycles. The predicted molar refractivity (Wildman–Crippen MR) is 78.5 cm³/mol. The maximum absolute atomic E-state index is 5.79. The molecule has 0 spiro atoms. The number of fused-ring (bicyclic) bond motifs is 1. The summed E-state index contributed by atoms with van der Waals surface area (Å²) in [5.74, 6) is 6.64. The van der Waals surface area contributed by atoms with Gasteiger partial charge < -0.3 is 0 Å². The fourth-order valence-electron chi connectivity index (χ4n) is 3.13. The largest absolute Gasteiger partial charge is 0.271 e. The summed E-state index contributed by atoms with van der Waals surface area (Å²) < 4.78 is 1.36. The van der Waals surface area contributed by atoms with Crippen molar-refractivity contribution in [2.75, 3.05) is 0 Å². The van der Waals surface area contributed by atoms with E-state index >= 15 is 0 Å². The van der Waals surface area contributed by atoms with Crippen molar-refractivity contribution in [3.8, 4) is 0 Å². The van der Waals surface area contributed by atoms with Gasteiger partial charge in [0.15, 0.2) is 0 Å². The molecule has 1 aliphatic carbocycles. The molecule has 3 heteroatoms. The Bertz CT molecular complexity index is 514. The van der Waals surface area contributed by atoms with Gasteiger partial charge in [-0.15, -0.1) is 11.3 Å². The van der Waals surface area contributed by atoms with Gasteiger partial charge in [0.05, 0.1) is 0 Å². The Labute approximate surface area is 112 Å². The smallest absolute Gasteiger partial charge is 0.0477 e. The van der Waals surface area contributed by atoms with Gasteiger partial charge in [0, 0.05) is 10.7 Å². The van der Waals surface area contributed by atoms with E-state index in [-0.39, 0.29) is 0 Å². The van der Waals surface area contributed by atoms with Crippen LogP contribution in [0.15, 0.2) is 29.6 Å². The molecule has 0 aliphatic heterocycles. The molecule has 1 atom stereocenters. The van der Waals surface area contributed by atoms with Crippen LogP contribution in [0.5, 0.6) is 0 Å². The molecule has 0 saturated heterocycles. The molecule has 3 N–H and O–H groups in total. The third kappa shape index (κ3) is 2.30. The summed E-state index contributed by atoms with van der Waals surface area (Å²) in [4.78, 5) is 0. The van der Waals surface area contributed by atoms with E-state index in [0.29, 0.717) is 6.04 Å². The highest BCUT2D eigenvalue weighted by Crippen LogP contribution is 2.36. The molecule has 3 rings (SSSR count). The quantitative estimate of drug-likeness (QED) is 0.644. The van der Waals surface area contributed by atoms with Gasteiger partial charge in [-0.25, -0.2) is 0 Å². The van der Waals surface area contributed by atoms with Gasteiger partial charge in [0.25, 0.3) is 0 Å². The van der Waals surface area contributed by atoms with Crippen LogP contribution in [0.2, 0.25) is 0 Å².